The highest BCUT2D eigenvalue weighted by Gasteiger charge is 2.17. The molecule has 0 aliphatic heterocycles. The van der Waals surface area contributed by atoms with Crippen LogP contribution in [0.5, 0.6) is 5.75 Å². The molecule has 0 fully saturated rings. The molecule has 0 spiro atoms. The quantitative estimate of drug-likeness (QED) is 0.490. The molecular formula is C22H17ClN2O3. The number of aromatic carboxylic acids is 1. The molecule has 0 saturated heterocycles. The van der Waals surface area contributed by atoms with Gasteiger partial charge in [0.05, 0.1) is 17.8 Å². The number of nitrogens with one attached hydrogen (secondary N) is 1. The van der Waals surface area contributed by atoms with Gasteiger partial charge in [-0.15, -0.1) is 0 Å². The monoisotopic (exact) mass is 392 g/mol. The summed E-state index contributed by atoms with van der Waals surface area (Å²) >= 11 is 6.30. The second-order valence-corrected chi connectivity index (χ2v) is 6.78. The van der Waals surface area contributed by atoms with Crippen molar-refractivity contribution >= 4 is 28.5 Å². The van der Waals surface area contributed by atoms with E-state index in [-0.39, 0.29) is 5.69 Å². The van der Waals surface area contributed by atoms with E-state index in [2.05, 4.69) is 9.97 Å². The van der Waals surface area contributed by atoms with Crippen molar-refractivity contribution in [3.05, 3.63) is 82.6 Å². The van der Waals surface area contributed by atoms with Gasteiger partial charge in [0, 0.05) is 23.0 Å². The summed E-state index contributed by atoms with van der Waals surface area (Å²) in [4.78, 5) is 19.0. The number of carboxylic acids is 1. The Balaban J connectivity index is 1.91. The summed E-state index contributed by atoms with van der Waals surface area (Å²) in [6.45, 7) is 0. The van der Waals surface area contributed by atoms with Crippen LogP contribution in [0.1, 0.15) is 21.7 Å². The van der Waals surface area contributed by atoms with Crippen LogP contribution in [0.3, 0.4) is 0 Å². The van der Waals surface area contributed by atoms with E-state index in [0.29, 0.717) is 22.9 Å². The Hall–Kier alpha value is -3.31. The first-order chi connectivity index (χ1) is 13.6. The Morgan fingerprint density at radius 1 is 1.14 bits per heavy atom. The molecule has 0 amide bonds. The van der Waals surface area contributed by atoms with Gasteiger partial charge in [0.2, 0.25) is 0 Å². The second-order valence-electron chi connectivity index (χ2n) is 6.37. The molecule has 140 valence electrons. The van der Waals surface area contributed by atoms with Crippen LogP contribution in [0.2, 0.25) is 5.02 Å². The molecule has 0 saturated carbocycles. The first kappa shape index (κ1) is 18.1. The minimum atomic E-state index is -1.04. The number of fused-ring (bicyclic) bond motifs is 1. The molecule has 2 heterocycles. The average Bonchev–Trinajstić information content (AvgIpc) is 3.05. The van der Waals surface area contributed by atoms with E-state index in [1.165, 1.54) is 6.07 Å². The lowest BCUT2D eigenvalue weighted by atomic mass is 10.0. The molecular weight excluding hydrogens is 376 g/mol. The fourth-order valence-corrected chi connectivity index (χ4v) is 3.56. The third-order valence-corrected chi connectivity index (χ3v) is 4.92. The van der Waals surface area contributed by atoms with Crippen molar-refractivity contribution in [2.24, 2.45) is 0 Å². The van der Waals surface area contributed by atoms with Gasteiger partial charge in [0.1, 0.15) is 11.4 Å². The summed E-state index contributed by atoms with van der Waals surface area (Å²) in [7, 11) is 1.58. The molecule has 0 atom stereocenters. The van der Waals surface area contributed by atoms with Crippen LogP contribution in [0.4, 0.5) is 0 Å². The summed E-state index contributed by atoms with van der Waals surface area (Å²) in [5, 5.41) is 10.7. The third kappa shape index (κ3) is 3.32. The number of halogens is 1. The number of methoxy groups -OCH3 is 1. The van der Waals surface area contributed by atoms with Gasteiger partial charge in [0.25, 0.3) is 0 Å². The van der Waals surface area contributed by atoms with E-state index < -0.39 is 5.97 Å². The van der Waals surface area contributed by atoms with Gasteiger partial charge in [-0.3, -0.25) is 0 Å². The maximum absolute atomic E-state index is 11.3. The smallest absolute Gasteiger partial charge is 0.354 e. The molecule has 0 bridgehead atoms. The highest BCUT2D eigenvalue weighted by atomic mass is 35.5. The predicted octanol–water partition coefficient (Wildman–Crippen LogP) is 5.18. The Morgan fingerprint density at radius 3 is 2.64 bits per heavy atom. The normalized spacial score (nSPS) is 10.9. The van der Waals surface area contributed by atoms with Crippen molar-refractivity contribution in [3.8, 4) is 17.0 Å². The van der Waals surface area contributed by atoms with Crippen molar-refractivity contribution in [1.82, 2.24) is 9.97 Å². The summed E-state index contributed by atoms with van der Waals surface area (Å²) in [5.41, 5.74) is 4.56. The Bertz CT molecular complexity index is 1170. The van der Waals surface area contributed by atoms with Crippen LogP contribution in [-0.2, 0) is 6.42 Å². The molecule has 28 heavy (non-hydrogen) atoms. The van der Waals surface area contributed by atoms with E-state index in [4.69, 9.17) is 16.3 Å². The lowest BCUT2D eigenvalue weighted by Gasteiger charge is -2.07. The van der Waals surface area contributed by atoms with Crippen LogP contribution < -0.4 is 4.74 Å². The van der Waals surface area contributed by atoms with Crippen molar-refractivity contribution in [2.75, 3.05) is 7.11 Å². The van der Waals surface area contributed by atoms with Gasteiger partial charge in [0.15, 0.2) is 0 Å². The minimum absolute atomic E-state index is 0.0271. The number of pyridine rings is 1. The molecule has 4 aromatic rings. The van der Waals surface area contributed by atoms with E-state index in [1.54, 1.807) is 13.2 Å². The maximum atomic E-state index is 11.3. The van der Waals surface area contributed by atoms with Crippen molar-refractivity contribution in [1.29, 1.82) is 0 Å². The number of benzene rings is 2. The number of carbonyl (C=O) groups is 1. The number of ether oxygens (including phenoxy) is 1. The van der Waals surface area contributed by atoms with E-state index >= 15 is 0 Å². The molecule has 4 rings (SSSR count). The highest BCUT2D eigenvalue weighted by molar-refractivity contribution is 6.32. The van der Waals surface area contributed by atoms with E-state index in [1.807, 2.05) is 48.5 Å². The van der Waals surface area contributed by atoms with Gasteiger partial charge < -0.3 is 14.8 Å². The molecule has 5 nitrogen and oxygen atoms in total. The number of hydrogen-bond donors (Lipinski definition) is 2. The maximum Gasteiger partial charge on any atom is 0.354 e. The number of hydrogen-bond acceptors (Lipinski definition) is 3. The molecule has 6 heteroatoms. The number of aromatic nitrogens is 2. The predicted molar refractivity (Wildman–Crippen MR) is 109 cm³/mol. The standard InChI is InChI=1S/C22H17ClN2O3/c1-28-20-11-15-16(10-14-8-5-9-18(24-14)22(26)27)21(13-6-3-2-4-7-13)25-19(15)12-17(20)23/h2-9,11-12,25H,10H2,1H3,(H,26,27). The van der Waals surface area contributed by atoms with Crippen LogP contribution in [-0.4, -0.2) is 28.2 Å². The number of carboxylic acid groups (broad SMARTS) is 1. The van der Waals surface area contributed by atoms with E-state index in [0.717, 1.165) is 27.7 Å². The number of nitrogens with zero attached hydrogens (tertiary/aromatic N) is 1. The van der Waals surface area contributed by atoms with Gasteiger partial charge in [-0.25, -0.2) is 9.78 Å². The summed E-state index contributed by atoms with van der Waals surface area (Å²) in [5.74, 6) is -0.459. The zero-order valence-electron chi connectivity index (χ0n) is 15.1. The van der Waals surface area contributed by atoms with Crippen LogP contribution in [0.25, 0.3) is 22.2 Å². The first-order valence-corrected chi connectivity index (χ1v) is 9.07. The van der Waals surface area contributed by atoms with Crippen molar-refractivity contribution in [3.63, 3.8) is 0 Å². The second kappa shape index (κ2) is 7.37. The Kier molecular flexibility index (Phi) is 4.75. The van der Waals surface area contributed by atoms with Crippen LogP contribution >= 0.6 is 11.6 Å². The first-order valence-electron chi connectivity index (χ1n) is 8.69. The summed E-state index contributed by atoms with van der Waals surface area (Å²) in [6, 6.07) is 18.7. The fraction of sp³-hybridized carbons (Fsp3) is 0.0909. The molecule has 2 aromatic carbocycles. The SMILES string of the molecule is COc1cc2c(Cc3cccc(C(=O)O)n3)c(-c3ccccc3)[nH]c2cc1Cl. The van der Waals surface area contributed by atoms with Crippen LogP contribution in [0, 0.1) is 0 Å². The molecule has 0 unspecified atom stereocenters. The minimum Gasteiger partial charge on any atom is -0.495 e. The molecule has 2 N–H and O–H groups in total. The zero-order valence-corrected chi connectivity index (χ0v) is 15.8. The number of H-pyrrole nitrogens is 1. The molecule has 0 radical (unpaired) electrons. The summed E-state index contributed by atoms with van der Waals surface area (Å²) < 4.78 is 5.38. The molecule has 0 aliphatic carbocycles. The largest absolute Gasteiger partial charge is 0.495 e. The van der Waals surface area contributed by atoms with Crippen molar-refractivity contribution < 1.29 is 14.6 Å². The molecule has 2 aromatic heterocycles. The van der Waals surface area contributed by atoms with Crippen LogP contribution in [0.15, 0.2) is 60.7 Å². The lowest BCUT2D eigenvalue weighted by molar-refractivity contribution is 0.0690. The molecule has 0 aliphatic rings. The van der Waals surface area contributed by atoms with Gasteiger partial charge >= 0.3 is 5.97 Å². The Labute approximate surface area is 166 Å². The lowest BCUT2D eigenvalue weighted by Crippen LogP contribution is -2.03. The number of aromatic amines is 1. The Morgan fingerprint density at radius 2 is 1.93 bits per heavy atom. The topological polar surface area (TPSA) is 75.2 Å². The van der Waals surface area contributed by atoms with Gasteiger partial charge in [-0.05, 0) is 35.4 Å². The third-order valence-electron chi connectivity index (χ3n) is 4.62. The highest BCUT2D eigenvalue weighted by Crippen LogP contribution is 2.37. The van der Waals surface area contributed by atoms with E-state index in [9.17, 15) is 9.90 Å². The summed E-state index contributed by atoms with van der Waals surface area (Å²) in [6.07, 6.45) is 0.468. The zero-order chi connectivity index (χ0) is 19.7. The van der Waals surface area contributed by atoms with Gasteiger partial charge in [-0.1, -0.05) is 48.0 Å². The fourth-order valence-electron chi connectivity index (χ4n) is 3.32. The van der Waals surface area contributed by atoms with Crippen molar-refractivity contribution in [2.45, 2.75) is 6.42 Å². The average molecular weight is 393 g/mol. The number of rotatable bonds is 5. The van der Waals surface area contributed by atoms with Gasteiger partial charge in [-0.2, -0.15) is 0 Å².